The molecule has 9 heteroatoms. The van der Waals surface area contributed by atoms with Crippen LogP contribution in [0.25, 0.3) is 0 Å². The van der Waals surface area contributed by atoms with Gasteiger partial charge in [-0.05, 0) is 18.6 Å². The fourth-order valence-corrected chi connectivity index (χ4v) is 3.01. The standard InChI is InChI=1S/C14H15ClF3N3O2/c1-8(14(16,17)18)21-7-9-6-10(15)19-12(11(9)13(21)22)20-2-4-23-5-3-20/h6,8H,2-5,7H2,1H3. The minimum Gasteiger partial charge on any atom is -0.378 e. The summed E-state index contributed by atoms with van der Waals surface area (Å²) in [5.41, 5.74) is 0.694. The highest BCUT2D eigenvalue weighted by atomic mass is 35.5. The second-order valence-electron chi connectivity index (χ2n) is 5.55. The largest absolute Gasteiger partial charge is 0.408 e. The van der Waals surface area contributed by atoms with Crippen molar-refractivity contribution in [2.24, 2.45) is 0 Å². The number of pyridine rings is 1. The van der Waals surface area contributed by atoms with Gasteiger partial charge < -0.3 is 14.5 Å². The molecule has 1 atom stereocenters. The van der Waals surface area contributed by atoms with Gasteiger partial charge in [0.1, 0.15) is 17.0 Å². The van der Waals surface area contributed by atoms with Gasteiger partial charge in [0.2, 0.25) is 0 Å². The van der Waals surface area contributed by atoms with Gasteiger partial charge >= 0.3 is 6.18 Å². The van der Waals surface area contributed by atoms with Gasteiger partial charge in [-0.15, -0.1) is 0 Å². The highest BCUT2D eigenvalue weighted by molar-refractivity contribution is 6.29. The number of ether oxygens (including phenoxy) is 1. The molecule has 2 aliphatic rings. The summed E-state index contributed by atoms with van der Waals surface area (Å²) in [6.07, 6.45) is -4.48. The topological polar surface area (TPSA) is 45.7 Å². The predicted molar refractivity (Wildman–Crippen MR) is 77.7 cm³/mol. The van der Waals surface area contributed by atoms with Crippen LogP contribution in [-0.2, 0) is 11.3 Å². The van der Waals surface area contributed by atoms with E-state index in [2.05, 4.69) is 4.98 Å². The van der Waals surface area contributed by atoms with Crippen LogP contribution >= 0.6 is 11.6 Å². The van der Waals surface area contributed by atoms with Gasteiger partial charge in [-0.3, -0.25) is 4.79 Å². The zero-order valence-electron chi connectivity index (χ0n) is 12.4. The third kappa shape index (κ3) is 2.97. The summed E-state index contributed by atoms with van der Waals surface area (Å²) in [7, 11) is 0. The van der Waals surface area contributed by atoms with E-state index >= 15 is 0 Å². The summed E-state index contributed by atoms with van der Waals surface area (Å²) < 4.78 is 44.2. The number of aromatic nitrogens is 1. The van der Waals surface area contributed by atoms with Crippen LogP contribution in [-0.4, -0.2) is 54.3 Å². The number of morpholine rings is 1. The number of fused-ring (bicyclic) bond motifs is 1. The Morgan fingerprint density at radius 2 is 2.00 bits per heavy atom. The molecule has 1 amide bonds. The lowest BCUT2D eigenvalue weighted by molar-refractivity contribution is -0.172. The van der Waals surface area contributed by atoms with Crippen LogP contribution < -0.4 is 4.90 Å². The predicted octanol–water partition coefficient (Wildman–Crippen LogP) is 2.48. The van der Waals surface area contributed by atoms with Crippen LogP contribution in [0.3, 0.4) is 0 Å². The first-order valence-corrected chi connectivity index (χ1v) is 7.56. The molecule has 2 aliphatic heterocycles. The number of carbonyl (C=O) groups is 1. The summed E-state index contributed by atoms with van der Waals surface area (Å²) in [5.74, 6) is -0.312. The van der Waals surface area contributed by atoms with E-state index in [0.717, 1.165) is 11.8 Å². The molecule has 3 heterocycles. The fourth-order valence-electron chi connectivity index (χ4n) is 2.80. The number of rotatable bonds is 2. The highest BCUT2D eigenvalue weighted by Gasteiger charge is 2.46. The van der Waals surface area contributed by atoms with E-state index in [9.17, 15) is 18.0 Å². The second-order valence-corrected chi connectivity index (χ2v) is 5.94. The van der Waals surface area contributed by atoms with Crippen molar-refractivity contribution < 1.29 is 22.7 Å². The van der Waals surface area contributed by atoms with E-state index < -0.39 is 18.1 Å². The van der Waals surface area contributed by atoms with Crippen molar-refractivity contribution in [1.29, 1.82) is 0 Å². The number of amides is 1. The van der Waals surface area contributed by atoms with Gasteiger partial charge in [-0.2, -0.15) is 13.2 Å². The van der Waals surface area contributed by atoms with Crippen molar-refractivity contribution in [2.45, 2.75) is 25.7 Å². The van der Waals surface area contributed by atoms with Crippen LogP contribution in [0.2, 0.25) is 5.15 Å². The molecular weight excluding hydrogens is 335 g/mol. The zero-order valence-corrected chi connectivity index (χ0v) is 13.1. The number of nitrogens with zero attached hydrogens (tertiary/aromatic N) is 3. The van der Waals surface area contributed by atoms with Gasteiger partial charge in [-0.1, -0.05) is 11.6 Å². The molecule has 0 N–H and O–H groups in total. The molecule has 1 aromatic heterocycles. The Hall–Kier alpha value is -1.54. The van der Waals surface area contributed by atoms with Crippen molar-refractivity contribution >= 4 is 23.3 Å². The minimum absolute atomic E-state index is 0.117. The first kappa shape index (κ1) is 16.3. The molecule has 1 fully saturated rings. The number of halogens is 4. The molecule has 5 nitrogen and oxygen atoms in total. The lowest BCUT2D eigenvalue weighted by Gasteiger charge is -2.29. The van der Waals surface area contributed by atoms with Crippen molar-refractivity contribution in [2.75, 3.05) is 31.2 Å². The average Bonchev–Trinajstić information content (AvgIpc) is 2.82. The van der Waals surface area contributed by atoms with Crippen LogP contribution in [0.15, 0.2) is 6.07 Å². The first-order valence-electron chi connectivity index (χ1n) is 7.19. The summed E-state index contributed by atoms with van der Waals surface area (Å²) in [4.78, 5) is 19.4. The molecule has 0 bridgehead atoms. The normalized spacial score (nSPS) is 20.0. The summed E-state index contributed by atoms with van der Waals surface area (Å²) >= 11 is 5.99. The zero-order chi connectivity index (χ0) is 16.8. The maximum absolute atomic E-state index is 13.0. The molecule has 0 radical (unpaired) electrons. The van der Waals surface area contributed by atoms with E-state index in [1.165, 1.54) is 6.07 Å². The lowest BCUT2D eigenvalue weighted by Crippen LogP contribution is -2.44. The average molecular weight is 350 g/mol. The van der Waals surface area contributed by atoms with E-state index in [1.54, 1.807) is 0 Å². The van der Waals surface area contributed by atoms with E-state index in [-0.39, 0.29) is 17.3 Å². The molecule has 0 spiro atoms. The Bertz CT molecular complexity index is 632. The summed E-state index contributed by atoms with van der Waals surface area (Å²) in [6.45, 7) is 2.84. The van der Waals surface area contributed by atoms with E-state index in [1.807, 2.05) is 4.90 Å². The molecule has 3 rings (SSSR count). The Morgan fingerprint density at radius 1 is 1.35 bits per heavy atom. The second kappa shape index (κ2) is 5.83. The lowest BCUT2D eigenvalue weighted by atomic mass is 10.1. The van der Waals surface area contributed by atoms with E-state index in [4.69, 9.17) is 16.3 Å². The number of hydrogen-bond donors (Lipinski definition) is 0. The van der Waals surface area contributed by atoms with Gasteiger partial charge in [-0.25, -0.2) is 4.98 Å². The Kier molecular flexibility index (Phi) is 4.14. The fraction of sp³-hybridized carbons (Fsp3) is 0.571. The van der Waals surface area contributed by atoms with Gasteiger partial charge in [0.15, 0.2) is 0 Å². The van der Waals surface area contributed by atoms with Gasteiger partial charge in [0.05, 0.1) is 18.8 Å². The van der Waals surface area contributed by atoms with Crippen molar-refractivity contribution in [1.82, 2.24) is 9.88 Å². The molecule has 1 saturated heterocycles. The molecule has 0 aromatic carbocycles. The third-order valence-electron chi connectivity index (χ3n) is 4.12. The number of carbonyl (C=O) groups excluding carboxylic acids is 1. The van der Waals surface area contributed by atoms with Crippen LogP contribution in [0, 0.1) is 0 Å². The van der Waals surface area contributed by atoms with Crippen LogP contribution in [0.1, 0.15) is 22.8 Å². The first-order chi connectivity index (χ1) is 10.8. The number of alkyl halides is 3. The maximum atomic E-state index is 13.0. The molecular formula is C14H15ClF3N3O2. The van der Waals surface area contributed by atoms with Crippen molar-refractivity contribution in [3.05, 3.63) is 22.3 Å². The summed E-state index contributed by atoms with van der Waals surface area (Å²) in [5, 5.41) is 0.166. The quantitative estimate of drug-likeness (QED) is 0.770. The molecule has 1 aromatic rings. The van der Waals surface area contributed by atoms with Crippen LogP contribution in [0.5, 0.6) is 0 Å². The number of hydrogen-bond acceptors (Lipinski definition) is 4. The molecule has 23 heavy (non-hydrogen) atoms. The highest BCUT2D eigenvalue weighted by Crippen LogP contribution is 2.36. The van der Waals surface area contributed by atoms with Gasteiger partial charge in [0, 0.05) is 19.6 Å². The Morgan fingerprint density at radius 3 is 2.61 bits per heavy atom. The van der Waals surface area contributed by atoms with Crippen molar-refractivity contribution in [3.8, 4) is 0 Å². The SMILES string of the molecule is CC(N1Cc2cc(Cl)nc(N3CCOCC3)c2C1=O)C(F)(F)F. The van der Waals surface area contributed by atoms with E-state index in [0.29, 0.717) is 37.7 Å². The maximum Gasteiger partial charge on any atom is 0.408 e. The molecule has 0 saturated carbocycles. The Balaban J connectivity index is 1.98. The van der Waals surface area contributed by atoms with Crippen molar-refractivity contribution in [3.63, 3.8) is 0 Å². The number of anilines is 1. The molecule has 1 unspecified atom stereocenters. The Labute approximate surface area is 136 Å². The smallest absolute Gasteiger partial charge is 0.378 e. The summed E-state index contributed by atoms with van der Waals surface area (Å²) in [6, 6.07) is -0.402. The minimum atomic E-state index is -4.48. The van der Waals surface area contributed by atoms with Crippen LogP contribution in [0.4, 0.5) is 19.0 Å². The molecule has 126 valence electrons. The van der Waals surface area contributed by atoms with Gasteiger partial charge in [0.25, 0.3) is 5.91 Å². The monoisotopic (exact) mass is 349 g/mol. The molecule has 0 aliphatic carbocycles. The third-order valence-corrected chi connectivity index (χ3v) is 4.31.